The van der Waals surface area contributed by atoms with E-state index in [0.29, 0.717) is 5.57 Å². The molecular weight excluding hydrogens is 116 g/mol. The van der Waals surface area contributed by atoms with Crippen molar-refractivity contribution in [1.29, 1.82) is 0 Å². The molecule has 9 heavy (non-hydrogen) atoms. The van der Waals surface area contributed by atoms with Gasteiger partial charge in [-0.15, -0.1) is 10.5 Å². The molecule has 0 spiro atoms. The standard InChI is InChI=1S/C6H6N2O/c1-4-3-7-8-6(9)5(4)2/h1-2H3. The van der Waals surface area contributed by atoms with Crippen molar-refractivity contribution < 1.29 is 4.79 Å². The van der Waals surface area contributed by atoms with Crippen molar-refractivity contribution in [3.63, 3.8) is 0 Å². The number of nitrogens with zero attached hydrogens (tertiary/aromatic N) is 2. The van der Waals surface area contributed by atoms with Crippen molar-refractivity contribution >= 4 is 12.1 Å². The van der Waals surface area contributed by atoms with Crippen molar-refractivity contribution in [3.05, 3.63) is 11.1 Å². The smallest absolute Gasteiger partial charge is 0.265 e. The van der Waals surface area contributed by atoms with Crippen LogP contribution < -0.4 is 5.43 Å². The van der Waals surface area contributed by atoms with Crippen LogP contribution in [-0.2, 0) is 4.79 Å². The van der Waals surface area contributed by atoms with Crippen LogP contribution in [0.15, 0.2) is 16.2 Å². The lowest BCUT2D eigenvalue weighted by atomic mass is 10.1. The molecule has 1 amide bonds. The Hall–Kier alpha value is -1.12. The fraction of sp³-hybridized carbons (Fsp3) is 0.333. The predicted octanol–water partition coefficient (Wildman–Crippen LogP) is 0.330. The number of rotatable bonds is 0. The molecule has 0 aromatic carbocycles. The molecule has 0 saturated heterocycles. The molecule has 0 aliphatic carbocycles. The van der Waals surface area contributed by atoms with E-state index in [4.69, 9.17) is 0 Å². The van der Waals surface area contributed by atoms with Gasteiger partial charge in [-0.3, -0.25) is 4.79 Å². The molecule has 0 fully saturated rings. The van der Waals surface area contributed by atoms with Crippen LogP contribution in [0.25, 0.3) is 0 Å². The molecule has 3 heteroatoms. The molecule has 0 saturated carbocycles. The zero-order valence-electron chi connectivity index (χ0n) is 5.30. The minimum absolute atomic E-state index is 0.258. The number of allylic oxidation sites excluding steroid dienone is 1. The Bertz CT molecular complexity index is 203. The summed E-state index contributed by atoms with van der Waals surface area (Å²) in [6.45, 7) is 3.49. The summed E-state index contributed by atoms with van der Waals surface area (Å²) in [7, 11) is 0. The largest absolute Gasteiger partial charge is 0.291 e. The summed E-state index contributed by atoms with van der Waals surface area (Å²) in [6.07, 6.45) is 2.58. The van der Waals surface area contributed by atoms with Gasteiger partial charge in [-0.1, -0.05) is 0 Å². The zero-order chi connectivity index (χ0) is 6.85. The van der Waals surface area contributed by atoms with Crippen LogP contribution >= 0.6 is 0 Å². The van der Waals surface area contributed by atoms with Crippen molar-refractivity contribution in [2.75, 3.05) is 0 Å². The normalized spacial score (nSPS) is 18.2. The van der Waals surface area contributed by atoms with Gasteiger partial charge in [0.1, 0.15) is 6.21 Å². The number of hydrogen-bond donors (Lipinski definition) is 0. The van der Waals surface area contributed by atoms with Gasteiger partial charge in [0, 0.05) is 5.57 Å². The second kappa shape index (κ2) is 2.01. The minimum Gasteiger partial charge on any atom is -0.265 e. The van der Waals surface area contributed by atoms with E-state index in [0.717, 1.165) is 5.57 Å². The minimum atomic E-state index is -0.258. The highest BCUT2D eigenvalue weighted by molar-refractivity contribution is 6.01. The summed E-state index contributed by atoms with van der Waals surface area (Å²) in [5, 5.41) is 3.36. The number of amides is 1. The molecule has 1 heterocycles. The van der Waals surface area contributed by atoms with Crippen molar-refractivity contribution in [2.45, 2.75) is 13.8 Å². The highest BCUT2D eigenvalue weighted by atomic mass is 16.2. The molecular formula is C6H6N2O. The van der Waals surface area contributed by atoms with E-state index in [1.54, 1.807) is 13.8 Å². The fourth-order valence-corrected chi connectivity index (χ4v) is 0.465. The topological polar surface area (TPSA) is 43.5 Å². The van der Waals surface area contributed by atoms with E-state index in [1.165, 1.54) is 0 Å². The molecule has 0 aromatic rings. The average molecular weight is 122 g/mol. The Morgan fingerprint density at radius 1 is 1.44 bits per heavy atom. The molecule has 0 aromatic heterocycles. The Morgan fingerprint density at radius 2 is 2.11 bits per heavy atom. The maximum atomic E-state index is 10.6. The fourth-order valence-electron chi connectivity index (χ4n) is 0.465. The summed E-state index contributed by atoms with van der Waals surface area (Å²) >= 11 is 0. The lowest BCUT2D eigenvalue weighted by Gasteiger charge is -2.02. The molecule has 3 nitrogen and oxygen atoms in total. The van der Waals surface area contributed by atoms with Crippen LogP contribution in [0.3, 0.4) is 0 Å². The Morgan fingerprint density at radius 3 is 2.56 bits per heavy atom. The van der Waals surface area contributed by atoms with Crippen LogP contribution in [0.4, 0.5) is 0 Å². The van der Waals surface area contributed by atoms with E-state index >= 15 is 0 Å². The second-order valence-corrected chi connectivity index (χ2v) is 1.87. The van der Waals surface area contributed by atoms with Gasteiger partial charge in [-0.2, -0.15) is 0 Å². The summed E-state index contributed by atoms with van der Waals surface area (Å²) in [6, 6.07) is 0. The molecule has 1 aliphatic rings. The highest BCUT2D eigenvalue weighted by Gasteiger charge is 2.11. The summed E-state index contributed by atoms with van der Waals surface area (Å²) in [4.78, 5) is 10.6. The first-order chi connectivity index (χ1) is 4.22. The van der Waals surface area contributed by atoms with Gasteiger partial charge in [0.2, 0.25) is 0 Å². The first-order valence-corrected chi connectivity index (χ1v) is 2.60. The number of carbonyl (C=O) groups is 1. The predicted molar refractivity (Wildman–Crippen MR) is 32.9 cm³/mol. The van der Waals surface area contributed by atoms with Gasteiger partial charge in [0.15, 0.2) is 0 Å². The zero-order valence-corrected chi connectivity index (χ0v) is 5.30. The van der Waals surface area contributed by atoms with E-state index in [2.05, 4.69) is 16.7 Å². The van der Waals surface area contributed by atoms with Crippen LogP contribution in [0.2, 0.25) is 0 Å². The van der Waals surface area contributed by atoms with E-state index < -0.39 is 0 Å². The lowest BCUT2D eigenvalue weighted by Crippen LogP contribution is -2.16. The number of carbonyl (C=O) groups excluding carboxylic acids is 1. The van der Waals surface area contributed by atoms with Gasteiger partial charge < -0.3 is 0 Å². The summed E-state index contributed by atoms with van der Waals surface area (Å²) < 4.78 is 0. The first-order valence-electron chi connectivity index (χ1n) is 2.60. The highest BCUT2D eigenvalue weighted by Crippen LogP contribution is 2.04. The molecule has 46 valence electrons. The third-order valence-electron chi connectivity index (χ3n) is 1.24. The maximum Gasteiger partial charge on any atom is 0.291 e. The molecule has 1 rings (SSSR count). The second-order valence-electron chi connectivity index (χ2n) is 1.87. The summed E-state index contributed by atoms with van der Waals surface area (Å²) in [5.41, 5.74) is 4.68. The van der Waals surface area contributed by atoms with Crippen molar-refractivity contribution in [2.24, 2.45) is 5.10 Å². The Balaban J connectivity index is 2.97. The maximum absolute atomic E-state index is 10.6. The molecule has 0 N–H and O–H groups in total. The molecule has 0 bridgehead atoms. The number of hydrogen-bond acceptors (Lipinski definition) is 2. The SMILES string of the molecule is CC1=C(C)C(=O)[N]N=[C]1. The van der Waals surface area contributed by atoms with E-state index in [9.17, 15) is 4.79 Å². The van der Waals surface area contributed by atoms with Crippen LogP contribution in [0.1, 0.15) is 13.8 Å². The summed E-state index contributed by atoms with van der Waals surface area (Å²) in [5.74, 6) is -0.258. The first kappa shape index (κ1) is 6.01. The average Bonchev–Trinajstić information content (AvgIpc) is 1.83. The Kier molecular flexibility index (Phi) is 1.34. The molecule has 1 aliphatic heterocycles. The van der Waals surface area contributed by atoms with E-state index in [1.807, 2.05) is 0 Å². The lowest BCUT2D eigenvalue weighted by molar-refractivity contribution is -0.117. The van der Waals surface area contributed by atoms with Gasteiger partial charge >= 0.3 is 0 Å². The van der Waals surface area contributed by atoms with Crippen molar-refractivity contribution in [3.8, 4) is 0 Å². The third-order valence-corrected chi connectivity index (χ3v) is 1.24. The Labute approximate surface area is 53.4 Å². The molecule has 2 radical (unpaired) electrons. The van der Waals surface area contributed by atoms with Gasteiger partial charge in [-0.25, -0.2) is 0 Å². The van der Waals surface area contributed by atoms with Gasteiger partial charge in [0.25, 0.3) is 5.91 Å². The monoisotopic (exact) mass is 122 g/mol. The van der Waals surface area contributed by atoms with Gasteiger partial charge in [0.05, 0.1) is 0 Å². The molecule has 0 atom stereocenters. The van der Waals surface area contributed by atoms with Gasteiger partial charge in [-0.05, 0) is 19.4 Å². The van der Waals surface area contributed by atoms with Crippen LogP contribution in [0, 0.1) is 0 Å². The van der Waals surface area contributed by atoms with E-state index in [-0.39, 0.29) is 5.91 Å². The van der Waals surface area contributed by atoms with Crippen molar-refractivity contribution in [1.82, 2.24) is 5.43 Å². The third kappa shape index (κ3) is 0.988. The molecule has 0 unspecified atom stereocenters. The quantitative estimate of drug-likeness (QED) is 0.456. The van der Waals surface area contributed by atoms with Crippen LogP contribution in [-0.4, -0.2) is 12.1 Å². The van der Waals surface area contributed by atoms with Crippen LogP contribution in [0.5, 0.6) is 0 Å².